The van der Waals surface area contributed by atoms with E-state index < -0.39 is 9.84 Å². The van der Waals surface area contributed by atoms with E-state index in [2.05, 4.69) is 10.3 Å². The zero-order valence-corrected chi connectivity index (χ0v) is 14.4. The molecule has 1 N–H and O–H groups in total. The molecule has 0 spiro atoms. The second kappa shape index (κ2) is 6.17. The van der Waals surface area contributed by atoms with Crippen LogP contribution in [0.3, 0.4) is 0 Å². The number of sulfone groups is 1. The molecule has 0 aliphatic rings. The maximum atomic E-state index is 11.6. The van der Waals surface area contributed by atoms with Crippen molar-refractivity contribution in [2.75, 3.05) is 18.7 Å². The van der Waals surface area contributed by atoms with Crippen LogP contribution < -0.4 is 10.1 Å². The lowest BCUT2D eigenvalue weighted by molar-refractivity contribution is 0.414. The van der Waals surface area contributed by atoms with Gasteiger partial charge in [-0.3, -0.25) is 0 Å². The predicted octanol–water partition coefficient (Wildman–Crippen LogP) is 3.32. The Labute approximate surface area is 138 Å². The summed E-state index contributed by atoms with van der Waals surface area (Å²) < 4.78 is 29.2. The van der Waals surface area contributed by atoms with Gasteiger partial charge in [0.25, 0.3) is 0 Å². The Morgan fingerprint density at radius 1 is 1.17 bits per heavy atom. The molecular formula is C16H16N2O3S2. The van der Waals surface area contributed by atoms with Crippen molar-refractivity contribution in [3.63, 3.8) is 0 Å². The summed E-state index contributed by atoms with van der Waals surface area (Å²) >= 11 is 1.44. The fourth-order valence-corrected chi connectivity index (χ4v) is 3.75. The lowest BCUT2D eigenvalue weighted by Gasteiger charge is -2.04. The summed E-state index contributed by atoms with van der Waals surface area (Å²) in [5.41, 5.74) is 1.90. The summed E-state index contributed by atoms with van der Waals surface area (Å²) in [6.45, 7) is 0.642. The molecular weight excluding hydrogens is 332 g/mol. The molecule has 120 valence electrons. The van der Waals surface area contributed by atoms with Crippen LogP contribution in [0.2, 0.25) is 0 Å². The van der Waals surface area contributed by atoms with Gasteiger partial charge in [0.1, 0.15) is 5.75 Å². The molecule has 0 saturated heterocycles. The fourth-order valence-electron chi connectivity index (χ4n) is 2.13. The summed E-state index contributed by atoms with van der Waals surface area (Å²) in [6, 6.07) is 12.8. The van der Waals surface area contributed by atoms with E-state index in [4.69, 9.17) is 4.74 Å². The number of nitrogens with one attached hydrogen (secondary N) is 1. The fraction of sp³-hybridized carbons (Fsp3) is 0.188. The molecule has 1 aromatic heterocycles. The second-order valence-electron chi connectivity index (χ2n) is 5.12. The van der Waals surface area contributed by atoms with Crippen LogP contribution in [0.5, 0.6) is 5.75 Å². The molecule has 0 fully saturated rings. The van der Waals surface area contributed by atoms with Crippen LogP contribution in [0.1, 0.15) is 5.56 Å². The van der Waals surface area contributed by atoms with Gasteiger partial charge in [-0.05, 0) is 35.9 Å². The summed E-state index contributed by atoms with van der Waals surface area (Å²) in [5, 5.41) is 4.03. The number of fused-ring (bicyclic) bond motifs is 1. The van der Waals surface area contributed by atoms with Gasteiger partial charge in [0, 0.05) is 12.8 Å². The molecule has 0 aliphatic carbocycles. The first kappa shape index (κ1) is 15.8. The Kier molecular flexibility index (Phi) is 4.23. The van der Waals surface area contributed by atoms with Gasteiger partial charge in [0.2, 0.25) is 0 Å². The van der Waals surface area contributed by atoms with E-state index in [-0.39, 0.29) is 0 Å². The van der Waals surface area contributed by atoms with Crippen molar-refractivity contribution in [3.8, 4) is 5.75 Å². The summed E-state index contributed by atoms with van der Waals surface area (Å²) in [5.74, 6) is 0.821. The van der Waals surface area contributed by atoms with Crippen molar-refractivity contribution in [1.82, 2.24) is 4.98 Å². The van der Waals surface area contributed by atoms with Crippen LogP contribution in [0, 0.1) is 0 Å². The average molecular weight is 348 g/mol. The number of benzene rings is 2. The Bertz CT molecular complexity index is 932. The van der Waals surface area contributed by atoms with Crippen LogP contribution >= 0.6 is 11.3 Å². The van der Waals surface area contributed by atoms with E-state index in [9.17, 15) is 8.42 Å². The third kappa shape index (κ3) is 3.62. The van der Waals surface area contributed by atoms with Crippen molar-refractivity contribution >= 4 is 36.5 Å². The lowest BCUT2D eigenvalue weighted by Crippen LogP contribution is -1.98. The number of methoxy groups -OCH3 is 1. The molecule has 0 saturated carbocycles. The molecule has 0 radical (unpaired) electrons. The first-order valence-electron chi connectivity index (χ1n) is 6.93. The minimum atomic E-state index is -3.20. The molecule has 1 heterocycles. The molecule has 7 heteroatoms. The van der Waals surface area contributed by atoms with Crippen LogP contribution in [-0.4, -0.2) is 26.8 Å². The molecule has 5 nitrogen and oxygen atoms in total. The maximum absolute atomic E-state index is 11.6. The monoisotopic (exact) mass is 348 g/mol. The molecule has 3 rings (SSSR count). The van der Waals surface area contributed by atoms with E-state index in [0.29, 0.717) is 11.4 Å². The third-order valence-corrected chi connectivity index (χ3v) is 5.48. The van der Waals surface area contributed by atoms with Crippen molar-refractivity contribution < 1.29 is 13.2 Å². The van der Waals surface area contributed by atoms with Crippen LogP contribution in [0.25, 0.3) is 10.2 Å². The van der Waals surface area contributed by atoms with Gasteiger partial charge in [-0.25, -0.2) is 13.4 Å². The highest BCUT2D eigenvalue weighted by atomic mass is 32.2. The quantitative estimate of drug-likeness (QED) is 0.766. The Balaban J connectivity index is 1.77. The molecule has 0 aliphatic heterocycles. The predicted molar refractivity (Wildman–Crippen MR) is 93.1 cm³/mol. The van der Waals surface area contributed by atoms with Gasteiger partial charge in [0.05, 0.1) is 22.2 Å². The van der Waals surface area contributed by atoms with E-state index in [1.54, 1.807) is 25.3 Å². The summed E-state index contributed by atoms with van der Waals surface area (Å²) in [6.07, 6.45) is 1.21. The number of rotatable bonds is 5. The first-order chi connectivity index (χ1) is 11.0. The van der Waals surface area contributed by atoms with Crippen molar-refractivity contribution in [2.45, 2.75) is 11.4 Å². The number of aromatic nitrogens is 1. The Morgan fingerprint density at radius 3 is 2.57 bits per heavy atom. The Morgan fingerprint density at radius 2 is 1.91 bits per heavy atom. The number of ether oxygens (including phenoxy) is 1. The maximum Gasteiger partial charge on any atom is 0.184 e. The van der Waals surface area contributed by atoms with Gasteiger partial charge in [-0.1, -0.05) is 23.5 Å². The third-order valence-electron chi connectivity index (χ3n) is 3.39. The molecule has 0 amide bonds. The number of thiazole rings is 1. The topological polar surface area (TPSA) is 68.3 Å². The SMILES string of the molecule is COc1ccc(CNc2nc3ccc(S(C)(=O)=O)cc3s2)cc1. The second-order valence-corrected chi connectivity index (χ2v) is 8.17. The molecule has 0 atom stereocenters. The first-order valence-corrected chi connectivity index (χ1v) is 9.64. The molecule has 3 aromatic rings. The minimum Gasteiger partial charge on any atom is -0.497 e. The smallest absolute Gasteiger partial charge is 0.184 e. The lowest BCUT2D eigenvalue weighted by atomic mass is 10.2. The summed E-state index contributed by atoms with van der Waals surface area (Å²) in [7, 11) is -1.56. The van der Waals surface area contributed by atoms with Crippen LogP contribution in [-0.2, 0) is 16.4 Å². The molecule has 2 aromatic carbocycles. The van der Waals surface area contributed by atoms with E-state index in [0.717, 1.165) is 26.7 Å². The standard InChI is InChI=1S/C16H16N2O3S2/c1-21-12-5-3-11(4-6-12)10-17-16-18-14-8-7-13(23(2,19)20)9-15(14)22-16/h3-9H,10H2,1-2H3,(H,17,18). The van der Waals surface area contributed by atoms with Gasteiger partial charge in [-0.2, -0.15) is 0 Å². The zero-order chi connectivity index (χ0) is 16.4. The van der Waals surface area contributed by atoms with E-state index in [1.807, 2.05) is 24.3 Å². The summed E-state index contributed by atoms with van der Waals surface area (Å²) in [4.78, 5) is 4.79. The number of hydrogen-bond donors (Lipinski definition) is 1. The van der Waals surface area contributed by atoms with Crippen LogP contribution in [0.4, 0.5) is 5.13 Å². The average Bonchev–Trinajstić information content (AvgIpc) is 2.94. The van der Waals surface area contributed by atoms with Crippen molar-refractivity contribution in [2.24, 2.45) is 0 Å². The minimum absolute atomic E-state index is 0.315. The van der Waals surface area contributed by atoms with E-state index in [1.165, 1.54) is 17.6 Å². The van der Waals surface area contributed by atoms with Gasteiger partial charge < -0.3 is 10.1 Å². The van der Waals surface area contributed by atoms with Crippen molar-refractivity contribution in [3.05, 3.63) is 48.0 Å². The highest BCUT2D eigenvalue weighted by Gasteiger charge is 2.10. The normalized spacial score (nSPS) is 11.6. The molecule has 23 heavy (non-hydrogen) atoms. The zero-order valence-electron chi connectivity index (χ0n) is 12.7. The molecule has 0 bridgehead atoms. The highest BCUT2D eigenvalue weighted by molar-refractivity contribution is 7.90. The van der Waals surface area contributed by atoms with Crippen LogP contribution in [0.15, 0.2) is 47.4 Å². The van der Waals surface area contributed by atoms with Crippen molar-refractivity contribution in [1.29, 1.82) is 0 Å². The number of anilines is 1. The number of hydrogen-bond acceptors (Lipinski definition) is 6. The van der Waals surface area contributed by atoms with Gasteiger partial charge >= 0.3 is 0 Å². The largest absolute Gasteiger partial charge is 0.497 e. The molecule has 0 unspecified atom stereocenters. The highest BCUT2D eigenvalue weighted by Crippen LogP contribution is 2.28. The van der Waals surface area contributed by atoms with E-state index >= 15 is 0 Å². The number of nitrogens with zero attached hydrogens (tertiary/aromatic N) is 1. The van der Waals surface area contributed by atoms with Gasteiger partial charge in [-0.15, -0.1) is 0 Å². The Hall–Kier alpha value is -2.12. The van der Waals surface area contributed by atoms with Gasteiger partial charge in [0.15, 0.2) is 15.0 Å².